The summed E-state index contributed by atoms with van der Waals surface area (Å²) in [6.45, 7) is 5.05. The van der Waals surface area contributed by atoms with Crippen molar-refractivity contribution in [2.45, 2.75) is 45.7 Å². The third kappa shape index (κ3) is 3.01. The average Bonchev–Trinajstić information content (AvgIpc) is 2.87. The summed E-state index contributed by atoms with van der Waals surface area (Å²) >= 11 is 0. The third-order valence-corrected chi connectivity index (χ3v) is 3.69. The number of ether oxygens (including phenoxy) is 1. The van der Waals surface area contributed by atoms with E-state index in [1.54, 1.807) is 16.5 Å². The maximum Gasteiger partial charge on any atom is 0.328 e. The first-order valence-electron chi connectivity index (χ1n) is 7.39. The highest BCUT2D eigenvalue weighted by atomic mass is 16.5. The lowest BCUT2D eigenvalue weighted by Gasteiger charge is -2.34. The number of rotatable bonds is 4. The zero-order valence-electron chi connectivity index (χ0n) is 12.5. The van der Waals surface area contributed by atoms with E-state index < -0.39 is 6.04 Å². The number of amides is 1. The number of likely N-dealkylation sites (tertiary alicyclic amines) is 1. The van der Waals surface area contributed by atoms with E-state index in [1.807, 2.05) is 6.92 Å². The molecule has 7 heteroatoms. The van der Waals surface area contributed by atoms with Gasteiger partial charge in [0.1, 0.15) is 11.7 Å². The molecule has 116 valence electrons. The molecule has 1 fully saturated rings. The number of hydrogen-bond acceptors (Lipinski definition) is 5. The van der Waals surface area contributed by atoms with Crippen molar-refractivity contribution >= 4 is 17.6 Å². The second-order valence-corrected chi connectivity index (χ2v) is 5.03. The Kier molecular flexibility index (Phi) is 4.82. The van der Waals surface area contributed by atoms with Crippen LogP contribution in [0.2, 0.25) is 0 Å². The zero-order valence-corrected chi connectivity index (χ0v) is 12.5. The average molecular weight is 294 g/mol. The van der Waals surface area contributed by atoms with Crippen LogP contribution in [0.3, 0.4) is 0 Å². The number of aromatic nitrogens is 2. The lowest BCUT2D eigenvalue weighted by Crippen LogP contribution is -2.49. The monoisotopic (exact) mass is 294 g/mol. The summed E-state index contributed by atoms with van der Waals surface area (Å²) < 4.78 is 6.64. The van der Waals surface area contributed by atoms with Crippen molar-refractivity contribution in [1.82, 2.24) is 14.7 Å². The molecule has 1 atom stereocenters. The summed E-state index contributed by atoms with van der Waals surface area (Å²) in [5, 5.41) is 4.08. The van der Waals surface area contributed by atoms with E-state index in [0.29, 0.717) is 37.5 Å². The van der Waals surface area contributed by atoms with Crippen LogP contribution in [-0.4, -0.2) is 45.8 Å². The lowest BCUT2D eigenvalue weighted by atomic mass is 10.0. The van der Waals surface area contributed by atoms with Crippen LogP contribution in [0, 0.1) is 0 Å². The number of nitrogens with two attached hydrogens (primary N) is 1. The SMILES string of the molecule is CCOC(=O)C1CCCCN1C(=O)c1c(N)cnn1CC. The molecule has 7 nitrogen and oxygen atoms in total. The standard InChI is InChI=1S/C14H22N4O3/c1-3-18-12(10(15)9-16-18)13(19)17-8-6-5-7-11(17)14(20)21-4-2/h9,11H,3-8,15H2,1-2H3. The van der Waals surface area contributed by atoms with Crippen molar-refractivity contribution in [2.75, 3.05) is 18.9 Å². The van der Waals surface area contributed by atoms with Crippen LogP contribution in [0.25, 0.3) is 0 Å². The fourth-order valence-electron chi connectivity index (χ4n) is 2.67. The second-order valence-electron chi connectivity index (χ2n) is 5.03. The smallest absolute Gasteiger partial charge is 0.328 e. The highest BCUT2D eigenvalue weighted by Crippen LogP contribution is 2.23. The van der Waals surface area contributed by atoms with E-state index in [0.717, 1.165) is 12.8 Å². The number of esters is 1. The van der Waals surface area contributed by atoms with Crippen LogP contribution in [0.4, 0.5) is 5.69 Å². The van der Waals surface area contributed by atoms with E-state index in [1.165, 1.54) is 6.20 Å². The van der Waals surface area contributed by atoms with Crippen molar-refractivity contribution in [3.05, 3.63) is 11.9 Å². The Labute approximate surface area is 124 Å². The molecule has 1 aliphatic heterocycles. The van der Waals surface area contributed by atoms with Gasteiger partial charge in [0.25, 0.3) is 5.91 Å². The molecular formula is C14H22N4O3. The van der Waals surface area contributed by atoms with Gasteiger partial charge in [0.15, 0.2) is 0 Å². The van der Waals surface area contributed by atoms with Gasteiger partial charge in [0, 0.05) is 13.1 Å². The Morgan fingerprint density at radius 2 is 2.19 bits per heavy atom. The molecule has 1 aromatic rings. The Hall–Kier alpha value is -2.05. The number of nitrogens with zero attached hydrogens (tertiary/aromatic N) is 3. The van der Waals surface area contributed by atoms with Crippen molar-refractivity contribution < 1.29 is 14.3 Å². The fraction of sp³-hybridized carbons (Fsp3) is 0.643. The van der Waals surface area contributed by atoms with E-state index in [-0.39, 0.29) is 11.9 Å². The lowest BCUT2D eigenvalue weighted by molar-refractivity contribution is -0.149. The topological polar surface area (TPSA) is 90.4 Å². The van der Waals surface area contributed by atoms with Crippen LogP contribution >= 0.6 is 0 Å². The number of carbonyl (C=O) groups excluding carboxylic acids is 2. The molecule has 21 heavy (non-hydrogen) atoms. The maximum absolute atomic E-state index is 12.8. The summed E-state index contributed by atoms with van der Waals surface area (Å²) in [7, 11) is 0. The van der Waals surface area contributed by atoms with Gasteiger partial charge in [-0.1, -0.05) is 0 Å². The first kappa shape index (κ1) is 15.3. The molecule has 1 saturated heterocycles. The van der Waals surface area contributed by atoms with Gasteiger partial charge < -0.3 is 15.4 Å². The molecular weight excluding hydrogens is 272 g/mol. The van der Waals surface area contributed by atoms with Gasteiger partial charge in [0.05, 0.1) is 18.5 Å². The first-order valence-corrected chi connectivity index (χ1v) is 7.39. The summed E-state index contributed by atoms with van der Waals surface area (Å²) in [5.41, 5.74) is 6.56. The third-order valence-electron chi connectivity index (χ3n) is 3.69. The van der Waals surface area contributed by atoms with Crippen molar-refractivity contribution in [3.63, 3.8) is 0 Å². The molecule has 0 radical (unpaired) electrons. The molecule has 1 amide bonds. The van der Waals surface area contributed by atoms with Crippen LogP contribution in [0.5, 0.6) is 0 Å². The minimum atomic E-state index is -0.522. The van der Waals surface area contributed by atoms with E-state index in [9.17, 15) is 9.59 Å². The van der Waals surface area contributed by atoms with E-state index in [2.05, 4.69) is 5.10 Å². The summed E-state index contributed by atoms with van der Waals surface area (Å²) in [6.07, 6.45) is 3.89. The van der Waals surface area contributed by atoms with Gasteiger partial charge in [-0.2, -0.15) is 5.10 Å². The van der Waals surface area contributed by atoms with Crippen LogP contribution in [0.1, 0.15) is 43.6 Å². The molecule has 0 aromatic carbocycles. The molecule has 0 saturated carbocycles. The van der Waals surface area contributed by atoms with Crippen molar-refractivity contribution in [2.24, 2.45) is 0 Å². The molecule has 2 N–H and O–H groups in total. The number of hydrogen-bond donors (Lipinski definition) is 1. The fourth-order valence-corrected chi connectivity index (χ4v) is 2.67. The van der Waals surface area contributed by atoms with Gasteiger partial charge in [-0.05, 0) is 33.1 Å². The molecule has 0 bridgehead atoms. The normalized spacial score (nSPS) is 18.6. The molecule has 0 spiro atoms. The zero-order chi connectivity index (χ0) is 15.4. The quantitative estimate of drug-likeness (QED) is 0.838. The van der Waals surface area contributed by atoms with Gasteiger partial charge in [-0.25, -0.2) is 4.79 Å². The molecule has 1 aliphatic rings. The molecule has 0 aliphatic carbocycles. The second kappa shape index (κ2) is 6.60. The molecule has 1 unspecified atom stereocenters. The maximum atomic E-state index is 12.8. The van der Waals surface area contributed by atoms with Gasteiger partial charge in [-0.3, -0.25) is 9.48 Å². The van der Waals surface area contributed by atoms with Gasteiger partial charge >= 0.3 is 5.97 Å². The van der Waals surface area contributed by atoms with Crippen LogP contribution in [0.15, 0.2) is 6.20 Å². The molecule has 2 heterocycles. The highest BCUT2D eigenvalue weighted by molar-refractivity contribution is 5.99. The number of aryl methyl sites for hydroxylation is 1. The Morgan fingerprint density at radius 1 is 1.43 bits per heavy atom. The number of nitrogen functional groups attached to an aromatic ring is 1. The predicted molar refractivity (Wildman–Crippen MR) is 77.6 cm³/mol. The summed E-state index contributed by atoms with van der Waals surface area (Å²) in [6, 6.07) is -0.522. The minimum absolute atomic E-state index is 0.246. The van der Waals surface area contributed by atoms with E-state index >= 15 is 0 Å². The van der Waals surface area contributed by atoms with Gasteiger partial charge in [-0.15, -0.1) is 0 Å². The Balaban J connectivity index is 2.26. The number of piperidine rings is 1. The molecule has 1 aromatic heterocycles. The van der Waals surface area contributed by atoms with E-state index in [4.69, 9.17) is 10.5 Å². The first-order chi connectivity index (χ1) is 10.1. The van der Waals surface area contributed by atoms with Gasteiger partial charge in [0.2, 0.25) is 0 Å². The molecule has 2 rings (SSSR count). The summed E-state index contributed by atoms with van der Waals surface area (Å²) in [4.78, 5) is 26.4. The Bertz CT molecular complexity index is 526. The minimum Gasteiger partial charge on any atom is -0.464 e. The predicted octanol–water partition coefficient (Wildman–Crippen LogP) is 1.04. The largest absolute Gasteiger partial charge is 0.464 e. The highest BCUT2D eigenvalue weighted by Gasteiger charge is 2.35. The summed E-state index contributed by atoms with van der Waals surface area (Å²) in [5.74, 6) is -0.587. The van der Waals surface area contributed by atoms with Crippen LogP contribution < -0.4 is 5.73 Å². The van der Waals surface area contributed by atoms with Crippen molar-refractivity contribution in [3.8, 4) is 0 Å². The van der Waals surface area contributed by atoms with Crippen LogP contribution in [-0.2, 0) is 16.1 Å². The number of anilines is 1. The van der Waals surface area contributed by atoms with Crippen molar-refractivity contribution in [1.29, 1.82) is 0 Å². The number of carbonyl (C=O) groups is 2. The Morgan fingerprint density at radius 3 is 2.86 bits per heavy atom.